The van der Waals surface area contributed by atoms with Crippen molar-refractivity contribution in [1.29, 1.82) is 0 Å². The standard InChI is InChI=1S/C18H20O/c1-3-10-18(17-13-8-5-9-14-17)19-15(2)16-11-6-4-7-12-16/h3-9,11-15,18H,1,10H2,2H3/t15-,18-/m1/s1. The Hall–Kier alpha value is -1.86. The minimum Gasteiger partial charge on any atom is -0.366 e. The van der Waals surface area contributed by atoms with Gasteiger partial charge in [0.25, 0.3) is 0 Å². The Morgan fingerprint density at radius 1 is 0.947 bits per heavy atom. The van der Waals surface area contributed by atoms with Gasteiger partial charge in [0.15, 0.2) is 0 Å². The fourth-order valence-electron chi connectivity index (χ4n) is 2.14. The average molecular weight is 252 g/mol. The summed E-state index contributed by atoms with van der Waals surface area (Å²) in [5, 5.41) is 0. The van der Waals surface area contributed by atoms with Crippen LogP contribution in [0.5, 0.6) is 0 Å². The molecule has 0 radical (unpaired) electrons. The second-order valence-corrected chi connectivity index (χ2v) is 4.61. The second kappa shape index (κ2) is 6.91. The molecule has 0 aliphatic carbocycles. The maximum absolute atomic E-state index is 6.19. The molecule has 0 amide bonds. The Bertz CT molecular complexity index is 490. The molecule has 0 aromatic heterocycles. The monoisotopic (exact) mass is 252 g/mol. The van der Waals surface area contributed by atoms with Crippen LogP contribution in [0, 0.1) is 0 Å². The van der Waals surface area contributed by atoms with E-state index in [-0.39, 0.29) is 12.2 Å². The van der Waals surface area contributed by atoms with Gasteiger partial charge in [0.2, 0.25) is 0 Å². The summed E-state index contributed by atoms with van der Waals surface area (Å²) in [4.78, 5) is 0. The molecule has 0 saturated heterocycles. The van der Waals surface area contributed by atoms with Gasteiger partial charge >= 0.3 is 0 Å². The first-order valence-corrected chi connectivity index (χ1v) is 6.67. The Labute approximate surface area is 115 Å². The first kappa shape index (κ1) is 13.6. The van der Waals surface area contributed by atoms with E-state index in [1.54, 1.807) is 0 Å². The van der Waals surface area contributed by atoms with Crippen LogP contribution in [0.4, 0.5) is 0 Å². The Kier molecular flexibility index (Phi) is 4.93. The molecule has 0 saturated carbocycles. The smallest absolute Gasteiger partial charge is 0.0867 e. The molecule has 0 bridgehead atoms. The minimum atomic E-state index is 0.0638. The highest BCUT2D eigenvalue weighted by atomic mass is 16.5. The van der Waals surface area contributed by atoms with Crippen molar-refractivity contribution in [3.63, 3.8) is 0 Å². The zero-order valence-electron chi connectivity index (χ0n) is 11.3. The van der Waals surface area contributed by atoms with Crippen molar-refractivity contribution < 1.29 is 4.74 Å². The molecule has 0 spiro atoms. The summed E-state index contributed by atoms with van der Waals surface area (Å²) in [5.74, 6) is 0. The lowest BCUT2D eigenvalue weighted by atomic mass is 10.1. The van der Waals surface area contributed by atoms with E-state index in [0.717, 1.165) is 6.42 Å². The normalized spacial score (nSPS) is 13.7. The average Bonchev–Trinajstić information content (AvgIpc) is 2.48. The molecule has 2 rings (SSSR count). The van der Waals surface area contributed by atoms with E-state index in [1.165, 1.54) is 11.1 Å². The molecular formula is C18H20O. The van der Waals surface area contributed by atoms with E-state index in [2.05, 4.69) is 37.8 Å². The zero-order chi connectivity index (χ0) is 13.5. The van der Waals surface area contributed by atoms with Crippen molar-refractivity contribution in [1.82, 2.24) is 0 Å². The molecular weight excluding hydrogens is 232 g/mol. The van der Waals surface area contributed by atoms with Crippen LogP contribution in [0.3, 0.4) is 0 Å². The van der Waals surface area contributed by atoms with Crippen molar-refractivity contribution in [2.24, 2.45) is 0 Å². The van der Waals surface area contributed by atoms with Gasteiger partial charge in [-0.1, -0.05) is 66.7 Å². The van der Waals surface area contributed by atoms with Gasteiger partial charge in [0.05, 0.1) is 12.2 Å². The summed E-state index contributed by atoms with van der Waals surface area (Å²) in [6.45, 7) is 5.92. The van der Waals surface area contributed by atoms with Crippen LogP contribution < -0.4 is 0 Å². The van der Waals surface area contributed by atoms with E-state index in [4.69, 9.17) is 4.74 Å². The van der Waals surface area contributed by atoms with Gasteiger partial charge in [0, 0.05) is 0 Å². The molecule has 0 unspecified atom stereocenters. The lowest BCUT2D eigenvalue weighted by molar-refractivity contribution is -0.00323. The molecule has 0 heterocycles. The van der Waals surface area contributed by atoms with Crippen molar-refractivity contribution in [3.05, 3.63) is 84.4 Å². The lowest BCUT2D eigenvalue weighted by Crippen LogP contribution is -2.07. The third-order valence-electron chi connectivity index (χ3n) is 3.19. The topological polar surface area (TPSA) is 9.23 Å². The van der Waals surface area contributed by atoms with Gasteiger partial charge in [-0.05, 0) is 24.5 Å². The molecule has 0 aliphatic rings. The lowest BCUT2D eigenvalue weighted by Gasteiger charge is -2.22. The first-order chi connectivity index (χ1) is 9.31. The third kappa shape index (κ3) is 3.80. The fourth-order valence-corrected chi connectivity index (χ4v) is 2.14. The predicted molar refractivity (Wildman–Crippen MR) is 79.9 cm³/mol. The molecule has 98 valence electrons. The van der Waals surface area contributed by atoms with Crippen LogP contribution in [0.2, 0.25) is 0 Å². The molecule has 1 nitrogen and oxygen atoms in total. The number of ether oxygens (including phenoxy) is 1. The molecule has 2 atom stereocenters. The largest absolute Gasteiger partial charge is 0.366 e. The van der Waals surface area contributed by atoms with Crippen LogP contribution in [0.25, 0.3) is 0 Å². The quantitative estimate of drug-likeness (QED) is 0.651. The molecule has 0 aliphatic heterocycles. The summed E-state index contributed by atoms with van der Waals surface area (Å²) in [6, 6.07) is 20.6. The summed E-state index contributed by atoms with van der Waals surface area (Å²) in [5.41, 5.74) is 2.40. The summed E-state index contributed by atoms with van der Waals surface area (Å²) in [6.07, 6.45) is 2.87. The highest BCUT2D eigenvalue weighted by molar-refractivity contribution is 5.20. The maximum Gasteiger partial charge on any atom is 0.0867 e. The predicted octanol–water partition coefficient (Wildman–Crippen LogP) is 5.08. The number of hydrogen-bond acceptors (Lipinski definition) is 1. The van der Waals surface area contributed by atoms with Crippen molar-refractivity contribution in [3.8, 4) is 0 Å². The number of benzene rings is 2. The minimum absolute atomic E-state index is 0.0638. The molecule has 19 heavy (non-hydrogen) atoms. The van der Waals surface area contributed by atoms with E-state index in [9.17, 15) is 0 Å². The van der Waals surface area contributed by atoms with Crippen LogP contribution in [0.15, 0.2) is 73.3 Å². The van der Waals surface area contributed by atoms with Gasteiger partial charge in [-0.3, -0.25) is 0 Å². The second-order valence-electron chi connectivity index (χ2n) is 4.61. The van der Waals surface area contributed by atoms with Crippen molar-refractivity contribution >= 4 is 0 Å². The third-order valence-corrected chi connectivity index (χ3v) is 3.19. The van der Waals surface area contributed by atoms with Crippen LogP contribution >= 0.6 is 0 Å². The highest BCUT2D eigenvalue weighted by Crippen LogP contribution is 2.28. The Morgan fingerprint density at radius 3 is 2.00 bits per heavy atom. The first-order valence-electron chi connectivity index (χ1n) is 6.67. The number of hydrogen-bond donors (Lipinski definition) is 0. The molecule has 0 fully saturated rings. The molecule has 0 N–H and O–H groups in total. The summed E-state index contributed by atoms with van der Waals surface area (Å²) < 4.78 is 6.19. The van der Waals surface area contributed by atoms with E-state index in [0.29, 0.717) is 0 Å². The van der Waals surface area contributed by atoms with Crippen LogP contribution in [-0.4, -0.2) is 0 Å². The van der Waals surface area contributed by atoms with Crippen LogP contribution in [0.1, 0.15) is 36.7 Å². The van der Waals surface area contributed by atoms with Gasteiger partial charge in [-0.2, -0.15) is 0 Å². The Balaban J connectivity index is 2.11. The number of rotatable bonds is 6. The van der Waals surface area contributed by atoms with Crippen molar-refractivity contribution in [2.45, 2.75) is 25.6 Å². The van der Waals surface area contributed by atoms with Gasteiger partial charge in [0.1, 0.15) is 0 Å². The van der Waals surface area contributed by atoms with E-state index >= 15 is 0 Å². The van der Waals surface area contributed by atoms with Gasteiger partial charge < -0.3 is 4.74 Å². The molecule has 1 heteroatoms. The fraction of sp³-hybridized carbons (Fsp3) is 0.222. The summed E-state index contributed by atoms with van der Waals surface area (Å²) in [7, 11) is 0. The molecule has 2 aromatic carbocycles. The zero-order valence-corrected chi connectivity index (χ0v) is 11.3. The van der Waals surface area contributed by atoms with E-state index in [1.807, 2.05) is 42.5 Å². The maximum atomic E-state index is 6.19. The summed E-state index contributed by atoms with van der Waals surface area (Å²) >= 11 is 0. The Morgan fingerprint density at radius 2 is 1.47 bits per heavy atom. The van der Waals surface area contributed by atoms with Gasteiger partial charge in [-0.25, -0.2) is 0 Å². The van der Waals surface area contributed by atoms with Gasteiger partial charge in [-0.15, -0.1) is 6.58 Å². The SMILES string of the molecule is C=CC[C@@H](O[C@H](C)c1ccccc1)c1ccccc1. The van der Waals surface area contributed by atoms with Crippen molar-refractivity contribution in [2.75, 3.05) is 0 Å². The highest BCUT2D eigenvalue weighted by Gasteiger charge is 2.15. The van der Waals surface area contributed by atoms with Crippen LogP contribution in [-0.2, 0) is 4.74 Å². The molecule has 2 aromatic rings. The van der Waals surface area contributed by atoms with E-state index < -0.39 is 0 Å².